The molecule has 1 aliphatic carbocycles. The molecule has 0 atom stereocenters. The molecule has 1 fully saturated rings. The van der Waals surface area contributed by atoms with Crippen LogP contribution in [0.4, 0.5) is 0 Å². The molecule has 0 unspecified atom stereocenters. The topological polar surface area (TPSA) is 51.4 Å². The average Bonchev–Trinajstić information content (AvgIpc) is 3.26. The Bertz CT molecular complexity index is 956. The summed E-state index contributed by atoms with van der Waals surface area (Å²) in [6.45, 7) is 11.3. The van der Waals surface area contributed by atoms with Gasteiger partial charge in [0.05, 0.1) is 4.90 Å². The molecule has 6 heteroatoms. The molecule has 0 N–H and O–H groups in total. The highest BCUT2D eigenvalue weighted by molar-refractivity contribution is 7.90. The molecule has 1 aliphatic rings. The number of nitrogens with zero attached hydrogens (tertiary/aromatic N) is 2. The number of aromatic nitrogens is 1. The van der Waals surface area contributed by atoms with Crippen molar-refractivity contribution in [3.8, 4) is 0 Å². The van der Waals surface area contributed by atoms with Crippen LogP contribution in [0.25, 0.3) is 0 Å². The lowest BCUT2D eigenvalue weighted by molar-refractivity contribution is 0.562. The van der Waals surface area contributed by atoms with Crippen LogP contribution in [0.15, 0.2) is 33.6 Å². The Morgan fingerprint density at radius 2 is 1.92 bits per heavy atom. The fourth-order valence-corrected chi connectivity index (χ4v) is 5.46. The Morgan fingerprint density at radius 3 is 2.48 bits per heavy atom. The monoisotopic (exact) mass is 378 g/mol. The van der Waals surface area contributed by atoms with Crippen LogP contribution in [0.2, 0.25) is 0 Å². The molecule has 0 aliphatic heterocycles. The van der Waals surface area contributed by atoms with E-state index in [9.17, 15) is 8.42 Å². The molecule has 0 saturated heterocycles. The summed E-state index contributed by atoms with van der Waals surface area (Å²) < 4.78 is 31.9. The lowest BCUT2D eigenvalue weighted by Gasteiger charge is -2.17. The molecule has 136 valence electrons. The fraction of sp³-hybridized carbons (Fsp3) is 0.526. The summed E-state index contributed by atoms with van der Waals surface area (Å²) in [6, 6.07) is 6.94. The average molecular weight is 379 g/mol. The van der Waals surface area contributed by atoms with Crippen molar-refractivity contribution in [2.24, 2.45) is 10.3 Å². The maximum Gasteiger partial charge on any atom is 0.285 e. The van der Waals surface area contributed by atoms with Crippen LogP contribution in [0.3, 0.4) is 0 Å². The lowest BCUT2D eigenvalue weighted by Crippen LogP contribution is -2.20. The van der Waals surface area contributed by atoms with Gasteiger partial charge in [-0.25, -0.2) is 0 Å². The summed E-state index contributed by atoms with van der Waals surface area (Å²) in [5.41, 5.74) is 2.03. The number of hydrogen-bond acceptors (Lipinski definition) is 3. The maximum absolute atomic E-state index is 12.8. The first-order valence-electron chi connectivity index (χ1n) is 8.66. The van der Waals surface area contributed by atoms with Gasteiger partial charge in [0.15, 0.2) is 0 Å². The predicted molar refractivity (Wildman–Crippen MR) is 102 cm³/mol. The third-order valence-electron chi connectivity index (χ3n) is 4.46. The molecular formula is C19H26N2O2S2. The Hall–Kier alpha value is -1.40. The fourth-order valence-electron chi connectivity index (χ4n) is 2.95. The minimum Gasteiger partial charge on any atom is -0.320 e. The molecule has 3 rings (SSSR count). The van der Waals surface area contributed by atoms with Crippen LogP contribution in [0.5, 0.6) is 0 Å². The Balaban J connectivity index is 2.16. The highest BCUT2D eigenvalue weighted by Crippen LogP contribution is 2.33. The van der Waals surface area contributed by atoms with Crippen LogP contribution in [-0.2, 0) is 22.0 Å². The van der Waals surface area contributed by atoms with Gasteiger partial charge in [-0.2, -0.15) is 8.42 Å². The van der Waals surface area contributed by atoms with E-state index < -0.39 is 10.0 Å². The number of sulfonamides is 1. The molecular weight excluding hydrogens is 352 g/mol. The van der Waals surface area contributed by atoms with Gasteiger partial charge in [-0.1, -0.05) is 32.9 Å². The Morgan fingerprint density at radius 1 is 1.24 bits per heavy atom. The summed E-state index contributed by atoms with van der Waals surface area (Å²) in [5, 5.41) is 0. The van der Waals surface area contributed by atoms with E-state index in [1.165, 1.54) is 29.1 Å². The summed E-state index contributed by atoms with van der Waals surface area (Å²) in [6.07, 6.45) is 2.44. The van der Waals surface area contributed by atoms with Gasteiger partial charge < -0.3 is 4.57 Å². The number of thiazole rings is 1. The second kappa shape index (κ2) is 6.40. The molecule has 0 spiro atoms. The third-order valence-corrected chi connectivity index (χ3v) is 7.45. The number of hydrogen-bond donors (Lipinski definition) is 0. The summed E-state index contributed by atoms with van der Waals surface area (Å²) in [5.74, 6) is 0.654. The van der Waals surface area contributed by atoms with E-state index in [2.05, 4.69) is 36.7 Å². The van der Waals surface area contributed by atoms with Crippen molar-refractivity contribution < 1.29 is 8.42 Å². The quantitative estimate of drug-likeness (QED) is 0.802. The van der Waals surface area contributed by atoms with E-state index in [0.717, 1.165) is 17.8 Å². The zero-order valence-corrected chi connectivity index (χ0v) is 17.2. The second-order valence-electron chi connectivity index (χ2n) is 7.99. The molecule has 1 aromatic carbocycles. The number of rotatable bonds is 4. The van der Waals surface area contributed by atoms with Crippen molar-refractivity contribution in [3.63, 3.8) is 0 Å². The predicted octanol–water partition coefficient (Wildman–Crippen LogP) is 4.16. The van der Waals surface area contributed by atoms with Gasteiger partial charge in [0, 0.05) is 17.1 Å². The van der Waals surface area contributed by atoms with Crippen LogP contribution >= 0.6 is 11.3 Å². The van der Waals surface area contributed by atoms with Gasteiger partial charge in [-0.3, -0.25) is 0 Å². The summed E-state index contributed by atoms with van der Waals surface area (Å²) in [4.78, 5) is 2.05. The van der Waals surface area contributed by atoms with E-state index in [0.29, 0.717) is 10.7 Å². The number of aryl methyl sites for hydroxylation is 1. The standard InChI is InChI=1S/C19H26N2O2S2/c1-13-7-6-8-16(11-13)25(22,23)20-18-21(12-15-9-10-15)14(2)17(24-18)19(3,4)5/h6-8,11,15H,9-10,12H2,1-5H3. The Kier molecular flexibility index (Phi) is 4.71. The van der Waals surface area contributed by atoms with Crippen LogP contribution < -0.4 is 4.80 Å². The van der Waals surface area contributed by atoms with Gasteiger partial charge >= 0.3 is 0 Å². The minimum absolute atomic E-state index is 0.0269. The smallest absolute Gasteiger partial charge is 0.285 e. The van der Waals surface area contributed by atoms with Crippen molar-refractivity contribution in [2.75, 3.05) is 0 Å². The second-order valence-corrected chi connectivity index (χ2v) is 10.6. The van der Waals surface area contributed by atoms with E-state index in [-0.39, 0.29) is 10.3 Å². The highest BCUT2D eigenvalue weighted by atomic mass is 32.2. The maximum atomic E-state index is 12.8. The van der Waals surface area contributed by atoms with Gasteiger partial charge in [0.2, 0.25) is 4.80 Å². The summed E-state index contributed by atoms with van der Waals surface area (Å²) >= 11 is 1.51. The zero-order valence-electron chi connectivity index (χ0n) is 15.5. The molecule has 0 amide bonds. The van der Waals surface area contributed by atoms with E-state index in [4.69, 9.17) is 0 Å². The lowest BCUT2D eigenvalue weighted by atomic mass is 9.93. The molecule has 1 heterocycles. The SMILES string of the molecule is Cc1cccc(S(=O)(=O)N=c2sc(C(C)(C)C)c(C)n2CC2CC2)c1. The largest absolute Gasteiger partial charge is 0.320 e. The van der Waals surface area contributed by atoms with Gasteiger partial charge in [-0.15, -0.1) is 15.7 Å². The van der Waals surface area contributed by atoms with Crippen LogP contribution in [-0.4, -0.2) is 13.0 Å². The van der Waals surface area contributed by atoms with Gasteiger partial charge in [0.25, 0.3) is 10.0 Å². The minimum atomic E-state index is -3.71. The number of benzene rings is 1. The van der Waals surface area contributed by atoms with Crippen molar-refractivity contribution in [3.05, 3.63) is 45.2 Å². The first-order valence-corrected chi connectivity index (χ1v) is 10.9. The normalized spacial score (nSPS) is 16.4. The van der Waals surface area contributed by atoms with E-state index in [1.54, 1.807) is 18.2 Å². The molecule has 2 aromatic rings. The van der Waals surface area contributed by atoms with Crippen LogP contribution in [0, 0.1) is 19.8 Å². The van der Waals surface area contributed by atoms with E-state index >= 15 is 0 Å². The first-order chi connectivity index (χ1) is 11.6. The van der Waals surface area contributed by atoms with Crippen LogP contribution in [0.1, 0.15) is 49.7 Å². The molecule has 0 radical (unpaired) electrons. The van der Waals surface area contributed by atoms with Crippen molar-refractivity contribution in [2.45, 2.75) is 64.3 Å². The Labute approximate surface area is 154 Å². The molecule has 1 aromatic heterocycles. The van der Waals surface area contributed by atoms with E-state index in [1.807, 2.05) is 13.0 Å². The third kappa shape index (κ3) is 4.06. The van der Waals surface area contributed by atoms with Gasteiger partial charge in [-0.05, 0) is 55.7 Å². The van der Waals surface area contributed by atoms with Gasteiger partial charge in [0.1, 0.15) is 0 Å². The van der Waals surface area contributed by atoms with Crippen molar-refractivity contribution >= 4 is 21.4 Å². The molecule has 4 nitrogen and oxygen atoms in total. The summed E-state index contributed by atoms with van der Waals surface area (Å²) in [7, 11) is -3.71. The zero-order chi connectivity index (χ0) is 18.4. The highest BCUT2D eigenvalue weighted by Gasteiger charge is 2.27. The first kappa shape index (κ1) is 18.4. The molecule has 1 saturated carbocycles. The molecule has 25 heavy (non-hydrogen) atoms. The van der Waals surface area contributed by atoms with Crippen molar-refractivity contribution in [1.82, 2.24) is 4.57 Å². The van der Waals surface area contributed by atoms with Crippen molar-refractivity contribution in [1.29, 1.82) is 0 Å². The molecule has 0 bridgehead atoms.